The Hall–Kier alpha value is -2.42. The SMILES string of the molecule is COC(=O)c1cccnc1Nc1c(Br)ccc2c1OC(F)(F)O2. The summed E-state index contributed by atoms with van der Waals surface area (Å²) in [6.07, 6.45) is -2.31. The Morgan fingerprint density at radius 1 is 1.35 bits per heavy atom. The third-order valence-corrected chi connectivity index (χ3v) is 3.64. The number of hydrogen-bond acceptors (Lipinski definition) is 6. The van der Waals surface area contributed by atoms with E-state index in [0.717, 1.165) is 0 Å². The zero-order chi connectivity index (χ0) is 16.6. The average Bonchev–Trinajstić information content (AvgIpc) is 2.84. The number of carbonyl (C=O) groups is 1. The minimum atomic E-state index is -3.76. The Balaban J connectivity index is 2.03. The predicted octanol–water partition coefficient (Wildman–Crippen LogP) is 3.70. The predicted molar refractivity (Wildman–Crippen MR) is 79.2 cm³/mol. The Kier molecular flexibility index (Phi) is 3.80. The topological polar surface area (TPSA) is 69.7 Å². The van der Waals surface area contributed by atoms with Crippen LogP contribution in [0.4, 0.5) is 20.3 Å². The first-order chi connectivity index (χ1) is 10.9. The van der Waals surface area contributed by atoms with Crippen molar-refractivity contribution < 1.29 is 27.8 Å². The van der Waals surface area contributed by atoms with Crippen LogP contribution >= 0.6 is 15.9 Å². The van der Waals surface area contributed by atoms with Gasteiger partial charge in [0.15, 0.2) is 11.5 Å². The molecule has 0 spiro atoms. The fourth-order valence-corrected chi connectivity index (χ4v) is 2.41. The molecule has 1 aliphatic heterocycles. The normalized spacial score (nSPS) is 14.4. The van der Waals surface area contributed by atoms with Crippen molar-refractivity contribution in [2.45, 2.75) is 6.29 Å². The third-order valence-electron chi connectivity index (χ3n) is 2.98. The first kappa shape index (κ1) is 15.5. The fourth-order valence-electron chi connectivity index (χ4n) is 2.00. The van der Waals surface area contributed by atoms with Gasteiger partial charge in [-0.25, -0.2) is 9.78 Å². The molecule has 0 saturated carbocycles. The van der Waals surface area contributed by atoms with Gasteiger partial charge < -0.3 is 19.5 Å². The van der Waals surface area contributed by atoms with Gasteiger partial charge in [-0.2, -0.15) is 0 Å². The van der Waals surface area contributed by atoms with Crippen LogP contribution in [0.2, 0.25) is 0 Å². The molecule has 1 aromatic carbocycles. The molecule has 1 aromatic heterocycles. The van der Waals surface area contributed by atoms with E-state index in [9.17, 15) is 13.6 Å². The number of fused-ring (bicyclic) bond motifs is 1. The second-order valence-electron chi connectivity index (χ2n) is 4.43. The van der Waals surface area contributed by atoms with Gasteiger partial charge in [-0.05, 0) is 40.2 Å². The number of rotatable bonds is 3. The van der Waals surface area contributed by atoms with Gasteiger partial charge in [-0.15, -0.1) is 8.78 Å². The van der Waals surface area contributed by atoms with E-state index in [1.165, 1.54) is 31.5 Å². The van der Waals surface area contributed by atoms with Crippen LogP contribution in [-0.2, 0) is 4.74 Å². The van der Waals surface area contributed by atoms with Gasteiger partial charge in [0.05, 0.1) is 7.11 Å². The number of nitrogens with one attached hydrogen (secondary N) is 1. The van der Waals surface area contributed by atoms with Crippen molar-refractivity contribution >= 4 is 33.4 Å². The largest absolute Gasteiger partial charge is 0.586 e. The lowest BCUT2D eigenvalue weighted by Crippen LogP contribution is -2.26. The van der Waals surface area contributed by atoms with Crippen molar-refractivity contribution in [1.82, 2.24) is 4.98 Å². The van der Waals surface area contributed by atoms with Gasteiger partial charge in [0.2, 0.25) is 0 Å². The third kappa shape index (κ3) is 2.91. The number of anilines is 2. The summed E-state index contributed by atoms with van der Waals surface area (Å²) in [7, 11) is 1.23. The first-order valence-corrected chi connectivity index (χ1v) is 7.09. The molecule has 0 bridgehead atoms. The zero-order valence-electron chi connectivity index (χ0n) is 11.6. The highest BCUT2D eigenvalue weighted by atomic mass is 79.9. The van der Waals surface area contributed by atoms with Crippen LogP contribution in [0.1, 0.15) is 10.4 Å². The molecule has 0 fully saturated rings. The number of alkyl halides is 2. The number of benzene rings is 1. The van der Waals surface area contributed by atoms with Crippen molar-refractivity contribution in [3.05, 3.63) is 40.5 Å². The van der Waals surface area contributed by atoms with E-state index < -0.39 is 12.3 Å². The highest BCUT2D eigenvalue weighted by Gasteiger charge is 2.45. The summed E-state index contributed by atoms with van der Waals surface area (Å²) in [5, 5.41) is 2.80. The van der Waals surface area contributed by atoms with Crippen LogP contribution in [0.25, 0.3) is 0 Å². The number of esters is 1. The summed E-state index contributed by atoms with van der Waals surface area (Å²) in [5.41, 5.74) is 0.300. The smallest absolute Gasteiger partial charge is 0.465 e. The summed E-state index contributed by atoms with van der Waals surface area (Å²) in [6, 6.07) is 5.89. The standard InChI is InChI=1S/C14H9BrF2N2O4/c1-21-13(20)7-3-2-6-18-12(7)19-10-8(15)4-5-9-11(10)23-14(16,17)22-9/h2-6H,1H3,(H,18,19). The molecule has 23 heavy (non-hydrogen) atoms. The number of methoxy groups -OCH3 is 1. The second-order valence-corrected chi connectivity index (χ2v) is 5.29. The maximum atomic E-state index is 13.3. The molecule has 0 saturated heterocycles. The summed E-state index contributed by atoms with van der Waals surface area (Å²) >= 11 is 3.24. The Bertz CT molecular complexity index is 785. The number of ether oxygens (including phenoxy) is 3. The molecule has 3 rings (SSSR count). The van der Waals surface area contributed by atoms with E-state index >= 15 is 0 Å². The molecule has 120 valence electrons. The zero-order valence-corrected chi connectivity index (χ0v) is 13.2. The molecule has 0 atom stereocenters. The second kappa shape index (κ2) is 5.65. The summed E-state index contributed by atoms with van der Waals surface area (Å²) in [4.78, 5) is 15.8. The monoisotopic (exact) mass is 386 g/mol. The highest BCUT2D eigenvalue weighted by molar-refractivity contribution is 9.10. The molecule has 2 aromatic rings. The number of halogens is 3. The molecule has 6 nitrogen and oxygen atoms in total. The maximum absolute atomic E-state index is 13.3. The van der Waals surface area contributed by atoms with Gasteiger partial charge in [-0.1, -0.05) is 0 Å². The number of hydrogen-bond donors (Lipinski definition) is 1. The van der Waals surface area contributed by atoms with E-state index in [1.807, 2.05) is 0 Å². The Labute approximate surface area is 137 Å². The molecule has 9 heteroatoms. The lowest BCUT2D eigenvalue weighted by Gasteiger charge is -2.13. The Morgan fingerprint density at radius 2 is 2.13 bits per heavy atom. The van der Waals surface area contributed by atoms with Gasteiger partial charge >= 0.3 is 12.3 Å². The quantitative estimate of drug-likeness (QED) is 0.811. The summed E-state index contributed by atoms with van der Waals surface area (Å²) < 4.78 is 40.5. The number of aromatic nitrogens is 1. The van der Waals surface area contributed by atoms with Crippen LogP contribution in [0.3, 0.4) is 0 Å². The highest BCUT2D eigenvalue weighted by Crippen LogP contribution is 2.49. The lowest BCUT2D eigenvalue weighted by molar-refractivity contribution is -0.286. The van der Waals surface area contributed by atoms with Crippen LogP contribution in [0, 0.1) is 0 Å². The molecular weight excluding hydrogens is 378 g/mol. The van der Waals surface area contributed by atoms with Crippen molar-refractivity contribution in [1.29, 1.82) is 0 Å². The van der Waals surface area contributed by atoms with E-state index in [1.54, 1.807) is 6.07 Å². The van der Waals surface area contributed by atoms with E-state index in [-0.39, 0.29) is 28.6 Å². The maximum Gasteiger partial charge on any atom is 0.586 e. The molecule has 0 unspecified atom stereocenters. The van der Waals surface area contributed by atoms with Gasteiger partial charge in [-0.3, -0.25) is 0 Å². The van der Waals surface area contributed by atoms with Gasteiger partial charge in [0.25, 0.3) is 0 Å². The van der Waals surface area contributed by atoms with Gasteiger partial charge in [0.1, 0.15) is 17.1 Å². The summed E-state index contributed by atoms with van der Waals surface area (Å²) in [5.74, 6) is -0.804. The molecule has 2 heterocycles. The van der Waals surface area contributed by atoms with Crippen LogP contribution in [0.15, 0.2) is 34.9 Å². The van der Waals surface area contributed by atoms with Crippen molar-refractivity contribution in [2.24, 2.45) is 0 Å². The van der Waals surface area contributed by atoms with Crippen LogP contribution in [0.5, 0.6) is 11.5 Å². The molecule has 0 radical (unpaired) electrons. The molecule has 0 aliphatic carbocycles. The molecule has 1 N–H and O–H groups in total. The number of carbonyl (C=O) groups excluding carboxylic acids is 1. The fraction of sp³-hybridized carbons (Fsp3) is 0.143. The molecule has 0 amide bonds. The number of nitrogens with zero attached hydrogens (tertiary/aromatic N) is 1. The summed E-state index contributed by atoms with van der Waals surface area (Å²) in [6.45, 7) is 0. The molecular formula is C14H9BrF2N2O4. The Morgan fingerprint density at radius 3 is 2.87 bits per heavy atom. The van der Waals surface area contributed by atoms with E-state index in [4.69, 9.17) is 0 Å². The number of pyridine rings is 1. The molecule has 1 aliphatic rings. The first-order valence-electron chi connectivity index (χ1n) is 6.30. The van der Waals surface area contributed by atoms with Crippen molar-refractivity contribution in [3.8, 4) is 11.5 Å². The van der Waals surface area contributed by atoms with E-state index in [0.29, 0.717) is 4.47 Å². The van der Waals surface area contributed by atoms with Crippen molar-refractivity contribution in [2.75, 3.05) is 12.4 Å². The van der Waals surface area contributed by atoms with Crippen LogP contribution < -0.4 is 14.8 Å². The minimum Gasteiger partial charge on any atom is -0.465 e. The van der Waals surface area contributed by atoms with Crippen molar-refractivity contribution in [3.63, 3.8) is 0 Å². The minimum absolute atomic E-state index is 0.128. The average molecular weight is 387 g/mol. The van der Waals surface area contributed by atoms with E-state index in [2.05, 4.69) is 40.4 Å². The lowest BCUT2D eigenvalue weighted by atomic mass is 10.2. The van der Waals surface area contributed by atoms with Gasteiger partial charge in [0, 0.05) is 10.7 Å². The van der Waals surface area contributed by atoms with Crippen LogP contribution in [-0.4, -0.2) is 24.4 Å².